The van der Waals surface area contributed by atoms with E-state index < -0.39 is 0 Å². The molecular weight excluding hydrogens is 276 g/mol. The van der Waals surface area contributed by atoms with Crippen LogP contribution in [0.1, 0.15) is 37.3 Å². The van der Waals surface area contributed by atoms with E-state index in [4.69, 9.17) is 4.74 Å². The molecule has 1 unspecified atom stereocenters. The van der Waals surface area contributed by atoms with Crippen molar-refractivity contribution in [1.82, 2.24) is 10.6 Å². The van der Waals surface area contributed by atoms with Gasteiger partial charge in [0.2, 0.25) is 5.91 Å². The number of benzene rings is 1. The molecule has 0 bridgehead atoms. The second-order valence-corrected chi connectivity index (χ2v) is 6.49. The number of ether oxygens (including phenoxy) is 1. The van der Waals surface area contributed by atoms with Gasteiger partial charge in [-0.15, -0.1) is 0 Å². The minimum Gasteiger partial charge on any atom is -0.377 e. The first-order chi connectivity index (χ1) is 10.7. The van der Waals surface area contributed by atoms with Crippen molar-refractivity contribution in [3.05, 3.63) is 35.4 Å². The molecule has 3 rings (SSSR count). The highest BCUT2D eigenvalue weighted by Gasteiger charge is 2.57. The Kier molecular flexibility index (Phi) is 4.79. The molecule has 0 aromatic heterocycles. The predicted octanol–water partition coefficient (Wildman–Crippen LogP) is 2.23. The molecule has 2 fully saturated rings. The van der Waals surface area contributed by atoms with Crippen molar-refractivity contribution in [3.63, 3.8) is 0 Å². The van der Waals surface area contributed by atoms with Crippen LogP contribution < -0.4 is 10.6 Å². The maximum atomic E-state index is 12.4. The Morgan fingerprint density at radius 1 is 1.32 bits per heavy atom. The maximum Gasteiger partial charge on any atom is 0.223 e. The molecule has 2 N–H and O–H groups in total. The predicted molar refractivity (Wildman–Crippen MR) is 86.3 cm³/mol. The summed E-state index contributed by atoms with van der Waals surface area (Å²) in [6.07, 6.45) is 3.36. The summed E-state index contributed by atoms with van der Waals surface area (Å²) in [6.45, 7) is 6.03. The molecule has 1 aromatic rings. The average Bonchev–Trinajstić information content (AvgIpc) is 3.25. The molecule has 0 radical (unpaired) electrons. The summed E-state index contributed by atoms with van der Waals surface area (Å²) in [4.78, 5) is 12.4. The van der Waals surface area contributed by atoms with Crippen molar-refractivity contribution in [3.8, 4) is 0 Å². The lowest BCUT2D eigenvalue weighted by molar-refractivity contribution is -0.123. The first kappa shape index (κ1) is 15.5. The van der Waals surface area contributed by atoms with E-state index in [2.05, 4.69) is 22.8 Å². The highest BCUT2D eigenvalue weighted by atomic mass is 16.5. The van der Waals surface area contributed by atoms with Gasteiger partial charge in [-0.1, -0.05) is 24.3 Å². The van der Waals surface area contributed by atoms with Crippen LogP contribution in [0.4, 0.5) is 0 Å². The van der Waals surface area contributed by atoms with E-state index in [0.717, 1.165) is 43.5 Å². The normalized spacial score (nSPS) is 22.5. The van der Waals surface area contributed by atoms with E-state index >= 15 is 0 Å². The van der Waals surface area contributed by atoms with E-state index in [-0.39, 0.29) is 11.8 Å². The summed E-state index contributed by atoms with van der Waals surface area (Å²) in [5.41, 5.74) is 2.63. The number of amides is 1. The number of nitrogens with one attached hydrogen (secondary N) is 2. The second kappa shape index (κ2) is 6.80. The first-order valence-electron chi connectivity index (χ1n) is 8.38. The van der Waals surface area contributed by atoms with E-state index in [9.17, 15) is 4.79 Å². The zero-order valence-electron chi connectivity index (χ0n) is 13.4. The number of hydrogen-bond donors (Lipinski definition) is 2. The van der Waals surface area contributed by atoms with E-state index in [1.54, 1.807) is 0 Å². The fraction of sp³-hybridized carbons (Fsp3) is 0.611. The molecule has 4 nitrogen and oxygen atoms in total. The van der Waals surface area contributed by atoms with Crippen molar-refractivity contribution in [2.24, 2.45) is 11.3 Å². The van der Waals surface area contributed by atoms with Crippen LogP contribution in [-0.2, 0) is 22.7 Å². The molecule has 1 saturated carbocycles. The summed E-state index contributed by atoms with van der Waals surface area (Å²) in [5.74, 6) is 0.460. The lowest BCUT2D eigenvalue weighted by Crippen LogP contribution is -2.33. The Hall–Kier alpha value is -1.39. The van der Waals surface area contributed by atoms with Crippen LogP contribution in [0.5, 0.6) is 0 Å². The van der Waals surface area contributed by atoms with Gasteiger partial charge in [0.05, 0.1) is 6.61 Å². The fourth-order valence-electron chi connectivity index (χ4n) is 3.58. The fourth-order valence-corrected chi connectivity index (χ4v) is 3.58. The Balaban J connectivity index is 1.53. The van der Waals surface area contributed by atoms with Crippen molar-refractivity contribution >= 4 is 5.91 Å². The summed E-state index contributed by atoms with van der Waals surface area (Å²) >= 11 is 0. The van der Waals surface area contributed by atoms with Gasteiger partial charge in [0.1, 0.15) is 0 Å². The first-order valence-corrected chi connectivity index (χ1v) is 8.38. The average molecular weight is 302 g/mol. The van der Waals surface area contributed by atoms with Crippen molar-refractivity contribution in [1.29, 1.82) is 0 Å². The largest absolute Gasteiger partial charge is 0.377 e. The summed E-state index contributed by atoms with van der Waals surface area (Å²) < 4.78 is 5.50. The Bertz CT molecular complexity index is 524. The SMILES string of the molecule is CCOCc1ccccc1CNC(=O)C1CC12CCNCC2. The van der Waals surface area contributed by atoms with Gasteiger partial charge in [-0.3, -0.25) is 4.79 Å². The van der Waals surface area contributed by atoms with E-state index in [1.807, 2.05) is 19.1 Å². The van der Waals surface area contributed by atoms with Crippen LogP contribution in [0.15, 0.2) is 24.3 Å². The summed E-state index contributed by atoms with van der Waals surface area (Å²) in [7, 11) is 0. The molecule has 22 heavy (non-hydrogen) atoms. The van der Waals surface area contributed by atoms with E-state index in [0.29, 0.717) is 25.2 Å². The highest BCUT2D eigenvalue weighted by molar-refractivity contribution is 5.82. The number of piperidine rings is 1. The zero-order chi connectivity index (χ0) is 15.4. The molecule has 1 heterocycles. The molecule has 1 aliphatic heterocycles. The van der Waals surface area contributed by atoms with Crippen LogP contribution in [0, 0.1) is 11.3 Å². The van der Waals surface area contributed by atoms with Gasteiger partial charge in [-0.05, 0) is 55.8 Å². The van der Waals surface area contributed by atoms with E-state index in [1.165, 1.54) is 0 Å². The molecule has 120 valence electrons. The molecule has 2 aliphatic rings. The van der Waals surface area contributed by atoms with Crippen molar-refractivity contribution in [2.45, 2.75) is 39.3 Å². The van der Waals surface area contributed by atoms with Crippen molar-refractivity contribution in [2.75, 3.05) is 19.7 Å². The van der Waals surface area contributed by atoms with Crippen LogP contribution >= 0.6 is 0 Å². The smallest absolute Gasteiger partial charge is 0.223 e. The van der Waals surface area contributed by atoms with Gasteiger partial charge in [-0.25, -0.2) is 0 Å². The van der Waals surface area contributed by atoms with Crippen LogP contribution in [0.3, 0.4) is 0 Å². The quantitative estimate of drug-likeness (QED) is 0.847. The van der Waals surface area contributed by atoms with Gasteiger partial charge < -0.3 is 15.4 Å². The Labute approximate surface area is 132 Å². The topological polar surface area (TPSA) is 50.4 Å². The van der Waals surface area contributed by atoms with Crippen LogP contribution in [0.2, 0.25) is 0 Å². The Morgan fingerprint density at radius 3 is 2.77 bits per heavy atom. The molecule has 1 saturated heterocycles. The van der Waals surface area contributed by atoms with Gasteiger partial charge in [-0.2, -0.15) is 0 Å². The lowest BCUT2D eigenvalue weighted by Gasteiger charge is -2.23. The summed E-state index contributed by atoms with van der Waals surface area (Å²) in [5, 5.41) is 6.51. The monoisotopic (exact) mass is 302 g/mol. The molecule has 1 amide bonds. The third-order valence-electron chi connectivity index (χ3n) is 5.14. The van der Waals surface area contributed by atoms with Crippen LogP contribution in [-0.4, -0.2) is 25.6 Å². The summed E-state index contributed by atoms with van der Waals surface area (Å²) in [6, 6.07) is 8.18. The number of carbonyl (C=O) groups excluding carboxylic acids is 1. The van der Waals surface area contributed by atoms with Gasteiger partial charge in [0.25, 0.3) is 0 Å². The molecule has 1 atom stereocenters. The van der Waals surface area contributed by atoms with Gasteiger partial charge >= 0.3 is 0 Å². The number of carbonyl (C=O) groups is 1. The van der Waals surface area contributed by atoms with Crippen LogP contribution in [0.25, 0.3) is 0 Å². The molecule has 1 spiro atoms. The molecular formula is C18H26N2O2. The second-order valence-electron chi connectivity index (χ2n) is 6.49. The standard InChI is InChI=1S/C18H26N2O2/c1-2-22-13-15-6-4-3-5-14(15)12-20-17(21)16-11-18(16)7-9-19-10-8-18/h3-6,16,19H,2,7-13H2,1H3,(H,20,21). The molecule has 4 heteroatoms. The zero-order valence-corrected chi connectivity index (χ0v) is 13.4. The minimum absolute atomic E-state index is 0.230. The molecule has 1 aromatic carbocycles. The lowest BCUT2D eigenvalue weighted by atomic mass is 9.92. The number of hydrogen-bond acceptors (Lipinski definition) is 3. The molecule has 1 aliphatic carbocycles. The third kappa shape index (κ3) is 3.33. The van der Waals surface area contributed by atoms with Gasteiger partial charge in [0, 0.05) is 19.1 Å². The minimum atomic E-state index is 0.230. The van der Waals surface area contributed by atoms with Gasteiger partial charge in [0.15, 0.2) is 0 Å². The third-order valence-corrected chi connectivity index (χ3v) is 5.14. The maximum absolute atomic E-state index is 12.4. The highest BCUT2D eigenvalue weighted by Crippen LogP contribution is 2.58. The Morgan fingerprint density at radius 2 is 2.05 bits per heavy atom. The van der Waals surface area contributed by atoms with Crippen molar-refractivity contribution < 1.29 is 9.53 Å². The number of rotatable bonds is 6.